The lowest BCUT2D eigenvalue weighted by molar-refractivity contribution is -0.153. The maximum atomic E-state index is 11.7. The summed E-state index contributed by atoms with van der Waals surface area (Å²) in [6.45, 7) is 3.74. The van der Waals surface area contributed by atoms with Crippen molar-refractivity contribution in [2.45, 2.75) is 20.1 Å². The van der Waals surface area contributed by atoms with Crippen molar-refractivity contribution in [2.24, 2.45) is 5.41 Å². The van der Waals surface area contributed by atoms with E-state index in [1.54, 1.807) is 5.01 Å². The first-order valence-corrected chi connectivity index (χ1v) is 5.45. The molecule has 1 amide bonds. The molecule has 3 N–H and O–H groups in total. The number of hydrogen-bond donors (Lipinski definition) is 3. The third-order valence-electron chi connectivity index (χ3n) is 3.16. The summed E-state index contributed by atoms with van der Waals surface area (Å²) in [6.07, 6.45) is -1.67. The Hall–Kier alpha value is -1.59. The summed E-state index contributed by atoms with van der Waals surface area (Å²) in [4.78, 5) is 11.7. The van der Waals surface area contributed by atoms with Gasteiger partial charge in [-0.25, -0.2) is 0 Å². The smallest absolute Gasteiger partial charge is 0.251 e. The third-order valence-corrected chi connectivity index (χ3v) is 3.16. The standard InChI is InChI=1S/C12H16N2O3/c1-8-3-5-9(6-4-8)14-7-12(2,11(16)17)10(15)13-14/h3-6,11,16-17H,7H2,1-2H3,(H,13,15). The van der Waals surface area contributed by atoms with Gasteiger partial charge in [0.2, 0.25) is 0 Å². The zero-order valence-electron chi connectivity index (χ0n) is 9.84. The molecule has 1 aromatic rings. The Bertz CT molecular complexity index is 430. The number of rotatable bonds is 2. The number of aryl methyl sites for hydroxylation is 1. The van der Waals surface area contributed by atoms with Gasteiger partial charge in [0.05, 0.1) is 12.2 Å². The van der Waals surface area contributed by atoms with Crippen molar-refractivity contribution in [3.05, 3.63) is 29.8 Å². The maximum absolute atomic E-state index is 11.7. The molecule has 17 heavy (non-hydrogen) atoms. The lowest BCUT2D eigenvalue weighted by Gasteiger charge is -2.23. The second-order valence-electron chi connectivity index (χ2n) is 4.65. The average Bonchev–Trinajstić information content (AvgIpc) is 2.58. The van der Waals surface area contributed by atoms with Crippen LogP contribution in [0.5, 0.6) is 0 Å². The molecule has 1 atom stereocenters. The predicted molar refractivity (Wildman–Crippen MR) is 63.0 cm³/mol. The highest BCUT2D eigenvalue weighted by Gasteiger charge is 2.47. The number of aliphatic hydroxyl groups is 2. The Morgan fingerprint density at radius 2 is 1.94 bits per heavy atom. The number of benzene rings is 1. The first kappa shape index (κ1) is 11.9. The van der Waals surface area contributed by atoms with E-state index < -0.39 is 11.7 Å². The summed E-state index contributed by atoms with van der Waals surface area (Å²) in [5, 5.41) is 20.1. The predicted octanol–water partition coefficient (Wildman–Crippen LogP) is 0.163. The van der Waals surface area contributed by atoms with Crippen molar-refractivity contribution in [1.29, 1.82) is 0 Å². The number of aliphatic hydroxyl groups excluding tert-OH is 1. The van der Waals surface area contributed by atoms with E-state index in [0.717, 1.165) is 11.3 Å². The summed E-state index contributed by atoms with van der Waals surface area (Å²) in [7, 11) is 0. The quantitative estimate of drug-likeness (QED) is 0.640. The molecule has 1 aliphatic heterocycles. The number of anilines is 1. The SMILES string of the molecule is Cc1ccc(N2CC(C)(C(O)O)C(=O)N2)cc1. The summed E-state index contributed by atoms with van der Waals surface area (Å²) in [5.41, 5.74) is 3.40. The van der Waals surface area contributed by atoms with Crippen LogP contribution in [0.4, 0.5) is 5.69 Å². The number of amides is 1. The van der Waals surface area contributed by atoms with E-state index >= 15 is 0 Å². The molecule has 1 fully saturated rings. The fraction of sp³-hybridized carbons (Fsp3) is 0.417. The largest absolute Gasteiger partial charge is 0.367 e. The highest BCUT2D eigenvalue weighted by molar-refractivity contribution is 5.88. The van der Waals surface area contributed by atoms with Gasteiger partial charge in [-0.3, -0.25) is 15.2 Å². The highest BCUT2D eigenvalue weighted by atomic mass is 16.5. The molecule has 1 heterocycles. The van der Waals surface area contributed by atoms with E-state index in [2.05, 4.69) is 5.43 Å². The minimum Gasteiger partial charge on any atom is -0.367 e. The minimum absolute atomic E-state index is 0.229. The van der Waals surface area contributed by atoms with E-state index in [-0.39, 0.29) is 12.5 Å². The molecule has 0 aliphatic carbocycles. The summed E-state index contributed by atoms with van der Waals surface area (Å²) < 4.78 is 0. The molecule has 0 bridgehead atoms. The van der Waals surface area contributed by atoms with E-state index in [1.807, 2.05) is 31.2 Å². The molecule has 92 valence electrons. The van der Waals surface area contributed by atoms with Gasteiger partial charge in [0.25, 0.3) is 5.91 Å². The Balaban J connectivity index is 2.22. The molecule has 1 aromatic carbocycles. The van der Waals surface area contributed by atoms with Crippen LogP contribution in [-0.2, 0) is 4.79 Å². The van der Waals surface area contributed by atoms with E-state index in [9.17, 15) is 15.0 Å². The van der Waals surface area contributed by atoms with Crippen molar-refractivity contribution in [3.8, 4) is 0 Å². The van der Waals surface area contributed by atoms with Gasteiger partial charge in [-0.15, -0.1) is 0 Å². The van der Waals surface area contributed by atoms with Crippen LogP contribution in [-0.4, -0.2) is 29.0 Å². The lowest BCUT2D eigenvalue weighted by Crippen LogP contribution is -2.40. The highest BCUT2D eigenvalue weighted by Crippen LogP contribution is 2.29. The first-order chi connectivity index (χ1) is 7.93. The van der Waals surface area contributed by atoms with Crippen LogP contribution in [0.3, 0.4) is 0 Å². The average molecular weight is 236 g/mol. The monoisotopic (exact) mass is 236 g/mol. The summed E-state index contributed by atoms with van der Waals surface area (Å²) in [5.74, 6) is -0.381. The van der Waals surface area contributed by atoms with E-state index in [0.29, 0.717) is 0 Å². The molecule has 1 aliphatic rings. The normalized spacial score (nSPS) is 24.3. The third kappa shape index (κ3) is 1.99. The van der Waals surface area contributed by atoms with Crippen molar-refractivity contribution < 1.29 is 15.0 Å². The Kier molecular flexibility index (Phi) is 2.81. The van der Waals surface area contributed by atoms with E-state index in [4.69, 9.17) is 0 Å². The fourth-order valence-corrected chi connectivity index (χ4v) is 1.77. The zero-order valence-corrected chi connectivity index (χ0v) is 9.84. The topological polar surface area (TPSA) is 72.8 Å². The number of carbonyl (C=O) groups excluding carboxylic acids is 1. The molecular weight excluding hydrogens is 220 g/mol. The molecule has 5 nitrogen and oxygen atoms in total. The summed E-state index contributed by atoms with van der Waals surface area (Å²) >= 11 is 0. The number of nitrogens with one attached hydrogen (secondary N) is 1. The van der Waals surface area contributed by atoms with Crippen molar-refractivity contribution in [2.75, 3.05) is 11.6 Å². The second kappa shape index (κ2) is 4.01. The van der Waals surface area contributed by atoms with Gasteiger partial charge in [-0.1, -0.05) is 17.7 Å². The number of hydrazine groups is 1. The van der Waals surface area contributed by atoms with Gasteiger partial charge in [-0.2, -0.15) is 0 Å². The molecular formula is C12H16N2O3. The lowest BCUT2D eigenvalue weighted by atomic mass is 9.90. The molecule has 1 unspecified atom stereocenters. The molecule has 1 saturated heterocycles. The number of nitrogens with zero attached hydrogens (tertiary/aromatic N) is 1. The Labute approximate surface area is 99.6 Å². The molecule has 0 radical (unpaired) electrons. The molecule has 0 spiro atoms. The molecule has 0 aromatic heterocycles. The van der Waals surface area contributed by atoms with Gasteiger partial charge in [0.15, 0.2) is 6.29 Å². The minimum atomic E-state index is -1.67. The first-order valence-electron chi connectivity index (χ1n) is 5.45. The van der Waals surface area contributed by atoms with Crippen LogP contribution in [0.1, 0.15) is 12.5 Å². The van der Waals surface area contributed by atoms with E-state index in [1.165, 1.54) is 6.92 Å². The van der Waals surface area contributed by atoms with Crippen LogP contribution < -0.4 is 10.4 Å². The second-order valence-corrected chi connectivity index (χ2v) is 4.65. The zero-order chi connectivity index (χ0) is 12.6. The van der Waals surface area contributed by atoms with Crippen molar-refractivity contribution in [3.63, 3.8) is 0 Å². The molecule has 0 saturated carbocycles. The van der Waals surface area contributed by atoms with Crippen LogP contribution in [0.2, 0.25) is 0 Å². The van der Waals surface area contributed by atoms with Gasteiger partial charge in [0, 0.05) is 0 Å². The Morgan fingerprint density at radius 1 is 1.35 bits per heavy atom. The van der Waals surface area contributed by atoms with Crippen molar-refractivity contribution >= 4 is 11.6 Å². The van der Waals surface area contributed by atoms with Crippen LogP contribution >= 0.6 is 0 Å². The van der Waals surface area contributed by atoms with Gasteiger partial charge >= 0.3 is 0 Å². The van der Waals surface area contributed by atoms with Crippen LogP contribution in [0, 0.1) is 12.3 Å². The van der Waals surface area contributed by atoms with Gasteiger partial charge in [0.1, 0.15) is 5.41 Å². The number of hydrogen-bond acceptors (Lipinski definition) is 4. The van der Waals surface area contributed by atoms with Crippen LogP contribution in [0.15, 0.2) is 24.3 Å². The number of carbonyl (C=O) groups is 1. The Morgan fingerprint density at radius 3 is 2.41 bits per heavy atom. The van der Waals surface area contributed by atoms with Gasteiger partial charge in [-0.05, 0) is 26.0 Å². The maximum Gasteiger partial charge on any atom is 0.251 e. The van der Waals surface area contributed by atoms with Gasteiger partial charge < -0.3 is 10.2 Å². The van der Waals surface area contributed by atoms with Crippen molar-refractivity contribution in [1.82, 2.24) is 5.43 Å². The molecule has 5 heteroatoms. The van der Waals surface area contributed by atoms with Crippen LogP contribution in [0.25, 0.3) is 0 Å². The molecule has 2 rings (SSSR count). The fourth-order valence-electron chi connectivity index (χ4n) is 1.77. The summed E-state index contributed by atoms with van der Waals surface area (Å²) in [6, 6.07) is 7.63.